The number of rotatable bonds is 14. The molecule has 0 aliphatic heterocycles. The molecule has 54 heavy (non-hydrogen) atoms. The van der Waals surface area contributed by atoms with Crippen LogP contribution in [-0.2, 0) is 29.6 Å². The summed E-state index contributed by atoms with van der Waals surface area (Å²) >= 11 is 0. The molecule has 9 nitrogen and oxygen atoms in total. The highest BCUT2D eigenvalue weighted by molar-refractivity contribution is 6.08. The molecule has 1 aliphatic rings. The molecule has 0 spiro atoms. The quantitative estimate of drug-likeness (QED) is 0.0855. The molecule has 2 heterocycles. The van der Waals surface area contributed by atoms with Gasteiger partial charge in [-0.2, -0.15) is 18.3 Å². The molecule has 1 atom stereocenters. The summed E-state index contributed by atoms with van der Waals surface area (Å²) in [7, 11) is 0. The molecule has 2 amide bonds. The van der Waals surface area contributed by atoms with Gasteiger partial charge in [-0.1, -0.05) is 69.2 Å². The van der Waals surface area contributed by atoms with Gasteiger partial charge < -0.3 is 22.1 Å². The summed E-state index contributed by atoms with van der Waals surface area (Å²) in [6.07, 6.45) is 1.88. The summed E-state index contributed by atoms with van der Waals surface area (Å²) in [6.45, 7) is 3.99. The zero-order valence-electron chi connectivity index (χ0n) is 30.1. The van der Waals surface area contributed by atoms with Gasteiger partial charge in [0.25, 0.3) is 5.91 Å². The maximum atomic E-state index is 15.9. The lowest BCUT2D eigenvalue weighted by atomic mass is 9.78. The molecule has 1 unspecified atom stereocenters. The number of aromatic nitrogens is 3. The number of carbonyl (C=O) groups is 2. The van der Waals surface area contributed by atoms with E-state index in [0.717, 1.165) is 23.9 Å². The standard InChI is InChI=1S/C41H43F4N7O2/c1-25(2)18-35(53)50-40(16-15-26-11-12-26,31-9-5-17-48-24-31)30-13-14-33(42)34(21-30)49-39(54)37-36(29-8-3-6-27(19-29)22-46)38(41(43,44)45)51-52(37)32-10-4-7-28(20-32)23-47/h3-10,13-14,17,19-21,24-26H,11-12,15-16,18,22-23,46-47H2,1-2H3,(H,49,54)(H,50,53). The highest BCUT2D eigenvalue weighted by Gasteiger charge is 2.42. The second-order valence-corrected chi connectivity index (χ2v) is 14.2. The number of nitrogens with zero attached hydrogens (tertiary/aromatic N) is 3. The molecule has 13 heteroatoms. The Morgan fingerprint density at radius 3 is 2.30 bits per heavy atom. The van der Waals surface area contributed by atoms with Crippen LogP contribution in [0.4, 0.5) is 23.2 Å². The minimum absolute atomic E-state index is 0.0363. The summed E-state index contributed by atoms with van der Waals surface area (Å²) in [4.78, 5) is 32.4. The van der Waals surface area contributed by atoms with Gasteiger partial charge in [-0.05, 0) is 83.3 Å². The first-order chi connectivity index (χ1) is 25.8. The van der Waals surface area contributed by atoms with E-state index in [0.29, 0.717) is 34.6 Å². The molecule has 1 saturated carbocycles. The zero-order chi connectivity index (χ0) is 38.6. The van der Waals surface area contributed by atoms with Crippen molar-refractivity contribution >= 4 is 17.5 Å². The van der Waals surface area contributed by atoms with E-state index in [1.54, 1.807) is 48.8 Å². The number of halogens is 4. The van der Waals surface area contributed by atoms with Crippen molar-refractivity contribution in [2.75, 3.05) is 5.32 Å². The number of nitrogens with two attached hydrogens (primary N) is 2. The van der Waals surface area contributed by atoms with Crippen molar-refractivity contribution in [1.29, 1.82) is 0 Å². The predicted octanol–water partition coefficient (Wildman–Crippen LogP) is 7.86. The Morgan fingerprint density at radius 1 is 0.926 bits per heavy atom. The van der Waals surface area contributed by atoms with Crippen LogP contribution in [0.25, 0.3) is 16.8 Å². The molecule has 3 aromatic carbocycles. The van der Waals surface area contributed by atoms with Gasteiger partial charge in [-0.25, -0.2) is 9.07 Å². The van der Waals surface area contributed by atoms with Crippen molar-refractivity contribution in [2.45, 2.75) is 70.8 Å². The van der Waals surface area contributed by atoms with E-state index in [-0.39, 0.29) is 48.3 Å². The van der Waals surface area contributed by atoms with E-state index in [2.05, 4.69) is 20.7 Å². The highest BCUT2D eigenvalue weighted by Crippen LogP contribution is 2.43. The Bertz CT molecular complexity index is 2130. The molecule has 1 aliphatic carbocycles. The largest absolute Gasteiger partial charge is 0.435 e. The first-order valence-electron chi connectivity index (χ1n) is 17.9. The SMILES string of the molecule is CC(C)CC(=O)NC(CCC1CC1)(c1cccnc1)c1ccc(F)c(NC(=O)c2c(-c3cccc(CN)c3)c(C(F)(F)F)nn2-c2cccc(CN)c2)c1. The highest BCUT2D eigenvalue weighted by atomic mass is 19.4. The molecule has 5 aromatic rings. The average Bonchev–Trinajstić information content (AvgIpc) is 3.89. The van der Waals surface area contributed by atoms with Gasteiger partial charge in [0.2, 0.25) is 5.91 Å². The normalized spacial score (nSPS) is 14.2. The van der Waals surface area contributed by atoms with Crippen LogP contribution < -0.4 is 22.1 Å². The van der Waals surface area contributed by atoms with Crippen molar-refractivity contribution in [3.05, 3.63) is 131 Å². The van der Waals surface area contributed by atoms with Crippen molar-refractivity contribution in [3.8, 4) is 16.8 Å². The molecule has 0 saturated heterocycles. The fraction of sp³-hybridized carbons (Fsp3) is 0.317. The van der Waals surface area contributed by atoms with Crippen molar-refractivity contribution in [1.82, 2.24) is 20.1 Å². The van der Waals surface area contributed by atoms with Crippen LogP contribution in [-0.4, -0.2) is 26.6 Å². The summed E-state index contributed by atoms with van der Waals surface area (Å²) < 4.78 is 61.3. The van der Waals surface area contributed by atoms with Gasteiger partial charge >= 0.3 is 6.18 Å². The van der Waals surface area contributed by atoms with Crippen molar-refractivity contribution in [2.24, 2.45) is 23.3 Å². The average molecular weight is 742 g/mol. The molecular weight excluding hydrogens is 698 g/mol. The second kappa shape index (κ2) is 15.9. The first-order valence-corrected chi connectivity index (χ1v) is 17.9. The third-order valence-electron chi connectivity index (χ3n) is 9.64. The maximum Gasteiger partial charge on any atom is 0.435 e. The number of nitrogens with one attached hydrogen (secondary N) is 2. The lowest BCUT2D eigenvalue weighted by molar-refractivity contribution is -0.140. The summed E-state index contributed by atoms with van der Waals surface area (Å²) in [5.41, 5.74) is 10.4. The molecular formula is C41H43F4N7O2. The zero-order valence-corrected chi connectivity index (χ0v) is 30.1. The fourth-order valence-electron chi connectivity index (χ4n) is 6.79. The molecule has 6 N–H and O–H groups in total. The number of benzene rings is 3. The van der Waals surface area contributed by atoms with E-state index >= 15 is 4.39 Å². The van der Waals surface area contributed by atoms with Crippen molar-refractivity contribution in [3.63, 3.8) is 0 Å². The van der Waals surface area contributed by atoms with E-state index < -0.39 is 40.4 Å². The van der Waals surface area contributed by atoms with Crippen LogP contribution in [0.2, 0.25) is 0 Å². The van der Waals surface area contributed by atoms with Gasteiger partial charge in [0, 0.05) is 43.0 Å². The molecule has 6 rings (SSSR count). The number of hydrogen-bond acceptors (Lipinski definition) is 6. The van der Waals surface area contributed by atoms with Crippen LogP contribution in [0.5, 0.6) is 0 Å². The van der Waals surface area contributed by atoms with Crippen LogP contribution in [0.1, 0.15) is 84.4 Å². The van der Waals surface area contributed by atoms with E-state index in [9.17, 15) is 22.8 Å². The number of carbonyl (C=O) groups excluding carboxylic acids is 2. The Kier molecular flexibility index (Phi) is 11.3. The van der Waals surface area contributed by atoms with Gasteiger partial charge in [0.1, 0.15) is 11.5 Å². The number of pyridine rings is 1. The molecule has 2 aromatic heterocycles. The van der Waals surface area contributed by atoms with E-state index in [1.807, 2.05) is 19.9 Å². The summed E-state index contributed by atoms with van der Waals surface area (Å²) in [6, 6.07) is 20.2. The third-order valence-corrected chi connectivity index (χ3v) is 9.64. The van der Waals surface area contributed by atoms with Crippen LogP contribution in [0.15, 0.2) is 91.3 Å². The van der Waals surface area contributed by atoms with Gasteiger partial charge in [0.15, 0.2) is 5.69 Å². The van der Waals surface area contributed by atoms with Crippen molar-refractivity contribution < 1.29 is 27.2 Å². The Hall–Kier alpha value is -5.40. The molecule has 0 bridgehead atoms. The topological polar surface area (TPSA) is 141 Å². The number of alkyl halides is 3. The van der Waals surface area contributed by atoms with Gasteiger partial charge in [0.05, 0.1) is 16.9 Å². The molecule has 282 valence electrons. The van der Waals surface area contributed by atoms with Gasteiger partial charge in [-0.3, -0.25) is 14.6 Å². The summed E-state index contributed by atoms with van der Waals surface area (Å²) in [5.74, 6) is -1.57. The molecule has 1 fully saturated rings. The molecule has 0 radical (unpaired) electrons. The second-order valence-electron chi connectivity index (χ2n) is 14.2. The summed E-state index contributed by atoms with van der Waals surface area (Å²) in [5, 5.41) is 9.77. The van der Waals surface area contributed by atoms with Crippen LogP contribution in [0.3, 0.4) is 0 Å². The Balaban J connectivity index is 1.52. The van der Waals surface area contributed by atoms with E-state index in [4.69, 9.17) is 11.5 Å². The predicted molar refractivity (Wildman–Crippen MR) is 199 cm³/mol. The lowest BCUT2D eigenvalue weighted by Gasteiger charge is -2.37. The monoisotopic (exact) mass is 741 g/mol. The van der Waals surface area contributed by atoms with E-state index in [1.165, 1.54) is 36.4 Å². The van der Waals surface area contributed by atoms with Crippen LogP contribution in [0, 0.1) is 17.7 Å². The van der Waals surface area contributed by atoms with Crippen LogP contribution >= 0.6 is 0 Å². The Labute approximate surface area is 311 Å². The maximum absolute atomic E-state index is 15.9. The smallest absolute Gasteiger partial charge is 0.342 e. The fourth-order valence-corrected chi connectivity index (χ4v) is 6.79. The van der Waals surface area contributed by atoms with Gasteiger partial charge in [-0.15, -0.1) is 0 Å². The third kappa shape index (κ3) is 8.37. The minimum Gasteiger partial charge on any atom is -0.342 e. The lowest BCUT2D eigenvalue weighted by Crippen LogP contribution is -2.47. The number of hydrogen-bond donors (Lipinski definition) is 4. The number of amides is 2. The number of anilines is 1. The first kappa shape index (κ1) is 38.3. The minimum atomic E-state index is -4.98. The Morgan fingerprint density at radius 2 is 1.65 bits per heavy atom.